The van der Waals surface area contributed by atoms with Crippen molar-refractivity contribution in [3.8, 4) is 0 Å². The van der Waals surface area contributed by atoms with Gasteiger partial charge >= 0.3 is 0 Å². The van der Waals surface area contributed by atoms with Crippen molar-refractivity contribution in [2.24, 2.45) is 5.92 Å². The molecule has 0 saturated heterocycles. The molecule has 1 aromatic carbocycles. The summed E-state index contributed by atoms with van der Waals surface area (Å²) in [6.45, 7) is 1.33. The Hall–Kier alpha value is -0.840. The lowest BCUT2D eigenvalue weighted by Crippen LogP contribution is -2.25. The predicted octanol–water partition coefficient (Wildman–Crippen LogP) is 2.68. The molecule has 2 rings (SSSR count). The van der Waals surface area contributed by atoms with Crippen LogP contribution in [-0.4, -0.2) is 31.0 Å². The molecule has 5 heteroatoms. The van der Waals surface area contributed by atoms with Gasteiger partial charge in [0, 0.05) is 23.9 Å². The lowest BCUT2D eigenvalue weighted by Gasteiger charge is -2.13. The number of aliphatic hydroxyl groups excluding tert-OH is 1. The first-order valence-corrected chi connectivity index (χ1v) is 6.47. The Balaban J connectivity index is 1.68. The largest absolute Gasteiger partial charge is 0.389 e. The van der Waals surface area contributed by atoms with Crippen LogP contribution in [0.15, 0.2) is 18.2 Å². The zero-order valence-electron chi connectivity index (χ0n) is 10.0. The van der Waals surface area contributed by atoms with Gasteiger partial charge in [0.25, 0.3) is 0 Å². The van der Waals surface area contributed by atoms with Crippen LogP contribution in [0.25, 0.3) is 0 Å². The normalized spacial score (nSPS) is 16.6. The zero-order chi connectivity index (χ0) is 13.0. The lowest BCUT2D eigenvalue weighted by atomic mass is 10.3. The van der Waals surface area contributed by atoms with Crippen molar-refractivity contribution < 1.29 is 14.2 Å². The highest BCUT2D eigenvalue weighted by atomic mass is 35.5. The molecule has 18 heavy (non-hydrogen) atoms. The Kier molecular flexibility index (Phi) is 4.80. The summed E-state index contributed by atoms with van der Waals surface area (Å²) in [6.07, 6.45) is 1.86. The standard InChI is InChI=1S/C13H17ClFNO2/c14-10-3-11(15)5-12(4-10)16-6-13(17)8-18-7-9-1-2-9/h3-5,9,13,16-17H,1-2,6-8H2. The maximum atomic E-state index is 13.0. The first kappa shape index (κ1) is 13.6. The SMILES string of the molecule is OC(CNc1cc(F)cc(Cl)c1)COCC1CC1. The van der Waals surface area contributed by atoms with Gasteiger partial charge in [-0.1, -0.05) is 11.6 Å². The molecule has 1 saturated carbocycles. The minimum absolute atomic E-state index is 0.298. The summed E-state index contributed by atoms with van der Waals surface area (Å²) in [5, 5.41) is 12.9. The van der Waals surface area contributed by atoms with Gasteiger partial charge in [0.05, 0.1) is 12.7 Å². The molecule has 100 valence electrons. The molecule has 0 radical (unpaired) electrons. The molecule has 0 heterocycles. The molecule has 1 aliphatic carbocycles. The van der Waals surface area contributed by atoms with Crippen molar-refractivity contribution in [1.82, 2.24) is 0 Å². The van der Waals surface area contributed by atoms with Crippen LogP contribution in [0.2, 0.25) is 5.02 Å². The number of nitrogens with one attached hydrogen (secondary N) is 1. The second-order valence-electron chi connectivity index (χ2n) is 4.67. The average molecular weight is 274 g/mol. The topological polar surface area (TPSA) is 41.5 Å². The van der Waals surface area contributed by atoms with Crippen molar-refractivity contribution >= 4 is 17.3 Å². The third-order valence-electron chi connectivity index (χ3n) is 2.77. The Labute approximate surface area is 111 Å². The van der Waals surface area contributed by atoms with Gasteiger partial charge in [0.1, 0.15) is 5.82 Å². The fraction of sp³-hybridized carbons (Fsp3) is 0.538. The fourth-order valence-corrected chi connectivity index (χ4v) is 1.83. The van der Waals surface area contributed by atoms with Crippen molar-refractivity contribution in [2.45, 2.75) is 18.9 Å². The summed E-state index contributed by atoms with van der Waals surface area (Å²) in [5.74, 6) is 0.289. The summed E-state index contributed by atoms with van der Waals surface area (Å²) in [5.41, 5.74) is 0.557. The Morgan fingerprint density at radius 3 is 2.89 bits per heavy atom. The lowest BCUT2D eigenvalue weighted by molar-refractivity contribution is 0.0386. The van der Waals surface area contributed by atoms with Gasteiger partial charge in [0.15, 0.2) is 0 Å². The molecular weight excluding hydrogens is 257 g/mol. The van der Waals surface area contributed by atoms with E-state index in [4.69, 9.17) is 16.3 Å². The van der Waals surface area contributed by atoms with E-state index >= 15 is 0 Å². The van der Waals surface area contributed by atoms with Crippen LogP contribution in [0.5, 0.6) is 0 Å². The summed E-state index contributed by atoms with van der Waals surface area (Å²) in [7, 11) is 0. The highest BCUT2D eigenvalue weighted by Crippen LogP contribution is 2.28. The Morgan fingerprint density at radius 2 is 2.22 bits per heavy atom. The average Bonchev–Trinajstić information content (AvgIpc) is 3.09. The molecule has 0 bridgehead atoms. The van der Waals surface area contributed by atoms with E-state index in [-0.39, 0.29) is 0 Å². The summed E-state index contributed by atoms with van der Waals surface area (Å²) < 4.78 is 18.4. The van der Waals surface area contributed by atoms with Gasteiger partial charge < -0.3 is 15.2 Å². The second kappa shape index (κ2) is 6.36. The number of rotatable bonds is 7. The number of anilines is 1. The molecule has 0 aromatic heterocycles. The molecule has 1 atom stereocenters. The molecule has 1 fully saturated rings. The molecule has 1 aliphatic rings. The van der Waals surface area contributed by atoms with E-state index < -0.39 is 11.9 Å². The van der Waals surface area contributed by atoms with E-state index in [2.05, 4.69) is 5.32 Å². The summed E-state index contributed by atoms with van der Waals surface area (Å²) in [6, 6.07) is 4.19. The predicted molar refractivity (Wildman–Crippen MR) is 69.4 cm³/mol. The second-order valence-corrected chi connectivity index (χ2v) is 5.11. The Morgan fingerprint density at radius 1 is 1.44 bits per heavy atom. The van der Waals surface area contributed by atoms with Gasteiger partial charge in [-0.05, 0) is 37.0 Å². The first-order valence-electron chi connectivity index (χ1n) is 6.09. The maximum absolute atomic E-state index is 13.0. The molecular formula is C13H17ClFNO2. The molecule has 1 unspecified atom stereocenters. The van der Waals surface area contributed by atoms with Gasteiger partial charge in [-0.25, -0.2) is 4.39 Å². The monoisotopic (exact) mass is 273 g/mol. The van der Waals surface area contributed by atoms with Crippen molar-refractivity contribution in [1.29, 1.82) is 0 Å². The van der Waals surface area contributed by atoms with Crippen LogP contribution in [0.1, 0.15) is 12.8 Å². The van der Waals surface area contributed by atoms with Crippen LogP contribution in [0.4, 0.5) is 10.1 Å². The van der Waals surface area contributed by atoms with Crippen molar-refractivity contribution in [3.63, 3.8) is 0 Å². The zero-order valence-corrected chi connectivity index (χ0v) is 10.8. The number of hydrogen-bond donors (Lipinski definition) is 2. The minimum Gasteiger partial charge on any atom is -0.389 e. The maximum Gasteiger partial charge on any atom is 0.126 e. The van der Waals surface area contributed by atoms with Gasteiger partial charge in [-0.2, -0.15) is 0 Å². The third-order valence-corrected chi connectivity index (χ3v) is 2.98. The van der Waals surface area contributed by atoms with E-state index in [1.54, 1.807) is 6.07 Å². The van der Waals surface area contributed by atoms with Crippen LogP contribution >= 0.6 is 11.6 Å². The van der Waals surface area contributed by atoms with Crippen molar-refractivity contribution in [2.75, 3.05) is 25.1 Å². The number of hydrogen-bond acceptors (Lipinski definition) is 3. The number of halogens is 2. The van der Waals surface area contributed by atoms with Crippen LogP contribution < -0.4 is 5.32 Å². The number of ether oxygens (including phenoxy) is 1. The van der Waals surface area contributed by atoms with Crippen LogP contribution in [-0.2, 0) is 4.74 Å². The van der Waals surface area contributed by atoms with Gasteiger partial charge in [-0.15, -0.1) is 0 Å². The number of benzene rings is 1. The van der Waals surface area contributed by atoms with Crippen LogP contribution in [0.3, 0.4) is 0 Å². The fourth-order valence-electron chi connectivity index (χ4n) is 1.61. The van der Waals surface area contributed by atoms with E-state index in [1.807, 2.05) is 0 Å². The highest BCUT2D eigenvalue weighted by molar-refractivity contribution is 6.30. The van der Waals surface area contributed by atoms with Crippen molar-refractivity contribution in [3.05, 3.63) is 29.0 Å². The minimum atomic E-state index is -0.606. The molecule has 0 aliphatic heterocycles. The first-order chi connectivity index (χ1) is 8.63. The van der Waals surface area contributed by atoms with Crippen LogP contribution in [0, 0.1) is 11.7 Å². The Bertz CT molecular complexity index is 378. The summed E-state index contributed by atoms with van der Waals surface area (Å²) in [4.78, 5) is 0. The van der Waals surface area contributed by atoms with Gasteiger partial charge in [-0.3, -0.25) is 0 Å². The quantitative estimate of drug-likeness (QED) is 0.803. The third kappa shape index (κ3) is 4.80. The molecule has 0 amide bonds. The van der Waals surface area contributed by atoms with E-state index in [0.29, 0.717) is 29.8 Å². The summed E-state index contributed by atoms with van der Waals surface area (Å²) >= 11 is 5.72. The van der Waals surface area contributed by atoms with E-state index in [1.165, 1.54) is 25.0 Å². The smallest absolute Gasteiger partial charge is 0.126 e. The van der Waals surface area contributed by atoms with E-state index in [0.717, 1.165) is 6.61 Å². The highest BCUT2D eigenvalue weighted by Gasteiger charge is 2.21. The molecule has 0 spiro atoms. The molecule has 1 aromatic rings. The number of aliphatic hydroxyl groups is 1. The molecule has 2 N–H and O–H groups in total. The van der Waals surface area contributed by atoms with Gasteiger partial charge in [0.2, 0.25) is 0 Å². The molecule has 3 nitrogen and oxygen atoms in total. The van der Waals surface area contributed by atoms with E-state index in [9.17, 15) is 9.50 Å².